The van der Waals surface area contributed by atoms with Gasteiger partial charge in [-0.05, 0) is 130 Å². The van der Waals surface area contributed by atoms with E-state index in [0.717, 1.165) is 223 Å². The third-order valence-electron chi connectivity index (χ3n) is 22.2. The molecule has 16 rings (SSSR count). The molecule has 32 nitrogen and oxygen atoms in total. The summed E-state index contributed by atoms with van der Waals surface area (Å²) in [7, 11) is 0. The average Bonchev–Trinajstić information content (AvgIpc) is 0.854. The molecule has 32 heteroatoms. The first kappa shape index (κ1) is 110. The van der Waals surface area contributed by atoms with Gasteiger partial charge >= 0.3 is 0 Å². The van der Waals surface area contributed by atoms with Crippen LogP contribution < -0.4 is 43.4 Å². The Morgan fingerprint density at radius 1 is 0.282 bits per heavy atom. The van der Waals surface area contributed by atoms with Gasteiger partial charge in [0.15, 0.2) is 46.5 Å². The Hall–Kier alpha value is -16.0. The van der Waals surface area contributed by atoms with E-state index in [9.17, 15) is 0 Å². The molecule has 738 valence electrons. The topological polar surface area (TPSA) is 401 Å². The molecule has 8 N–H and O–H groups in total. The second-order valence-electron chi connectivity index (χ2n) is 33.6. The fraction of sp³-hybridized carbons (Fsp3) is 0.327. The van der Waals surface area contributed by atoms with E-state index in [0.29, 0.717) is 46.7 Å². The molecule has 142 heavy (non-hydrogen) atoms. The number of hydrazone groups is 8. The summed E-state index contributed by atoms with van der Waals surface area (Å²) in [5, 5.41) is 116. The van der Waals surface area contributed by atoms with Crippen LogP contribution in [-0.4, -0.2) is 128 Å². The molecule has 8 aromatic heterocycles. The average molecular weight is 1910 g/mol. The Labute approximate surface area is 834 Å². The van der Waals surface area contributed by atoms with Crippen LogP contribution in [0.2, 0.25) is 0 Å². The van der Waals surface area contributed by atoms with Crippen LogP contribution in [0.5, 0.6) is 0 Å². The molecule has 0 fully saturated rings. The van der Waals surface area contributed by atoms with Gasteiger partial charge in [0.2, 0.25) is 0 Å². The number of nitrogens with one attached hydrogen (secondary N) is 8. The highest BCUT2D eigenvalue weighted by molar-refractivity contribution is 5.99. The number of hydrogen-bond donors (Lipinski definition) is 8. The van der Waals surface area contributed by atoms with E-state index in [1.54, 1.807) is 49.6 Å². The maximum absolute atomic E-state index is 4.49. The molecule has 0 aliphatic carbocycles. The summed E-state index contributed by atoms with van der Waals surface area (Å²) in [6.45, 7) is 35.8. The Bertz CT molecular complexity index is 6690. The standard InChI is InChI=1S/C15H20N4.C14H16N4.3C14H18N4.3C13H16N4/c1-3-7-13(8-4-2)17-19-15-14-10-6-5-9-12(14)11-16-18-15;1-10(2)8-11(3)16-18-14-13-7-5-4-6-12(13)9-15-17-14;1-4-10(2)11(3)16-18-14-13-8-6-5-7-12(13)9-15-17-14;1-3-4-7-11(2)16-18-14-13-9-6-5-8-12(13)10-15-17-14;1-3-7-12(4-2)16-18-14-13-9-6-5-8-11(13)10-15-17-14;1-3-10(2)8-14-16-13-12-7-5-4-6-11(12)9-15-17-13;1-3-11(4-2)15-17-13-12-8-6-5-7-10(12)9-14-16-13;1-2-3-6-9-14-16-13-12-8-5-4-7-11(12)10-15-17-13/h5-6,9-11H,3-4,7-8H2,1-2H3,(H,18,19);4-9H,1-3H3,(H,17,18);5-10H,4H2,1-3H3,(H,17,18);2*5-6,8-10H,3-4,7H2,1-2H3,(H,17,18);4-10H,3H2,1-2H3,(H,16,17);5-9H,3-4H2,1-2H3,(H,16,17);4-5,7-10H,2-3,6H2,1H3,(H,16,17)/b;3*16-11-;16-12+;14-8-;;14-9+. The van der Waals surface area contributed by atoms with Crippen molar-refractivity contribution in [2.45, 2.75) is 227 Å². The summed E-state index contributed by atoms with van der Waals surface area (Å²) in [4.78, 5) is 0. The van der Waals surface area contributed by atoms with Crippen LogP contribution in [0.1, 0.15) is 227 Å². The van der Waals surface area contributed by atoms with E-state index in [1.165, 1.54) is 24.1 Å². The van der Waals surface area contributed by atoms with E-state index in [4.69, 9.17) is 0 Å². The number of unbranched alkanes of at least 4 members (excludes halogenated alkanes) is 3. The highest BCUT2D eigenvalue weighted by Crippen LogP contribution is 2.28. The molecule has 0 aliphatic heterocycles. The Balaban J connectivity index is 0.000000181. The SMILES string of the molecule is CC(C)=C/C(C)=N\Nc1nncc2ccccc12.CCC(C)/C(C)=N\Nc1nncc2ccccc12.CCC(C)/C=N\Nc1nncc2ccccc12.CCC(CC)=NNc1nncc2ccccc12.CCC/C(CC)=N/Nc1nncc2ccccc12.CCCC(CCC)=NNc1nncc2ccccc12.CCCC/C(C)=N\Nc1nncc2ccccc12.CCCC/C=N/Nc1nncc2ccccc12. The maximum atomic E-state index is 4.49. The van der Waals surface area contributed by atoms with Crippen LogP contribution in [0.25, 0.3) is 86.2 Å². The molecule has 8 heterocycles. The maximum Gasteiger partial charge on any atom is 0.176 e. The molecule has 2 atom stereocenters. The molecule has 0 saturated heterocycles. The first-order valence-corrected chi connectivity index (χ1v) is 49.2. The van der Waals surface area contributed by atoms with Gasteiger partial charge in [-0.25, -0.2) is 0 Å². The molecule has 0 spiro atoms. The molecule has 0 amide bonds. The summed E-state index contributed by atoms with van der Waals surface area (Å²) < 4.78 is 0. The van der Waals surface area contributed by atoms with Gasteiger partial charge in [-0.3, -0.25) is 43.4 Å². The van der Waals surface area contributed by atoms with E-state index in [1.807, 2.05) is 247 Å². The van der Waals surface area contributed by atoms with Gasteiger partial charge in [-0.15, -0.1) is 40.8 Å². The third-order valence-corrected chi connectivity index (χ3v) is 22.2. The number of aromatic nitrogens is 16. The van der Waals surface area contributed by atoms with Gasteiger partial charge in [0.25, 0.3) is 0 Å². The number of nitrogens with zero attached hydrogens (tertiary/aromatic N) is 24. The highest BCUT2D eigenvalue weighted by atomic mass is 15.4. The number of anilines is 8. The van der Waals surface area contributed by atoms with E-state index >= 15 is 0 Å². The van der Waals surface area contributed by atoms with Crippen molar-refractivity contribution in [1.29, 1.82) is 0 Å². The van der Waals surface area contributed by atoms with Crippen LogP contribution in [0.4, 0.5) is 46.5 Å². The lowest BCUT2D eigenvalue weighted by atomic mass is 10.1. The molecular formula is C110H138N32. The number of rotatable bonds is 36. The van der Waals surface area contributed by atoms with Gasteiger partial charge in [-0.2, -0.15) is 81.6 Å². The first-order chi connectivity index (χ1) is 69.5. The third kappa shape index (κ3) is 36.7. The number of benzene rings is 8. The molecule has 0 aliphatic rings. The normalized spacial score (nSPS) is 11.7. The van der Waals surface area contributed by atoms with Gasteiger partial charge < -0.3 is 0 Å². The van der Waals surface area contributed by atoms with Crippen LogP contribution in [-0.2, 0) is 0 Å². The monoisotopic (exact) mass is 1910 g/mol. The van der Waals surface area contributed by atoms with Crippen molar-refractivity contribution in [3.8, 4) is 0 Å². The molecule has 16 aromatic rings. The Kier molecular flexibility index (Phi) is 48.4. The summed E-state index contributed by atoms with van der Waals surface area (Å²) in [6, 6.07) is 64.0. The summed E-state index contributed by atoms with van der Waals surface area (Å²) >= 11 is 0. The number of allylic oxidation sites excluding steroid dienone is 2. The molecule has 0 radical (unpaired) electrons. The minimum absolute atomic E-state index is 0.463. The molecule has 0 bridgehead atoms. The van der Waals surface area contributed by atoms with Crippen molar-refractivity contribution in [2.75, 3.05) is 43.4 Å². The van der Waals surface area contributed by atoms with E-state index < -0.39 is 0 Å². The lowest BCUT2D eigenvalue weighted by molar-refractivity contribution is 0.734. The fourth-order valence-electron chi connectivity index (χ4n) is 13.7. The molecule has 2 unspecified atom stereocenters. The predicted octanol–water partition coefficient (Wildman–Crippen LogP) is 27.6. The minimum atomic E-state index is 0.463. The zero-order valence-electron chi connectivity index (χ0n) is 85.2. The van der Waals surface area contributed by atoms with Gasteiger partial charge in [0.1, 0.15) is 0 Å². The lowest BCUT2D eigenvalue weighted by Gasteiger charge is -2.09. The van der Waals surface area contributed by atoms with E-state index in [2.05, 4.69) is 249 Å². The van der Waals surface area contributed by atoms with E-state index in [-0.39, 0.29) is 0 Å². The lowest BCUT2D eigenvalue weighted by Crippen LogP contribution is -2.08. The molecular weight excluding hydrogens is 1770 g/mol. The summed E-state index contributed by atoms with van der Waals surface area (Å²) in [5.74, 6) is 6.58. The zero-order chi connectivity index (χ0) is 101. The second kappa shape index (κ2) is 62.7. The van der Waals surface area contributed by atoms with Gasteiger partial charge in [0, 0.05) is 127 Å². The van der Waals surface area contributed by atoms with Gasteiger partial charge in [0.05, 0.1) is 55.3 Å². The quantitative estimate of drug-likeness (QED) is 0.0103. The zero-order valence-corrected chi connectivity index (χ0v) is 85.2. The summed E-state index contributed by atoms with van der Waals surface area (Å²) in [6.07, 6.45) is 37.9. The van der Waals surface area contributed by atoms with Crippen molar-refractivity contribution >= 4 is 179 Å². The van der Waals surface area contributed by atoms with Gasteiger partial charge in [-0.1, -0.05) is 315 Å². The highest BCUT2D eigenvalue weighted by Gasteiger charge is 2.12. The molecule has 8 aromatic carbocycles. The Morgan fingerprint density at radius 2 is 0.556 bits per heavy atom. The van der Waals surface area contributed by atoms with Crippen molar-refractivity contribution in [2.24, 2.45) is 52.6 Å². The molecule has 0 saturated carbocycles. The smallest absolute Gasteiger partial charge is 0.176 e. The number of fused-ring (bicyclic) bond motifs is 8. The van der Waals surface area contributed by atoms with Crippen molar-refractivity contribution < 1.29 is 0 Å². The van der Waals surface area contributed by atoms with Crippen LogP contribution in [0.3, 0.4) is 0 Å². The van der Waals surface area contributed by atoms with Crippen molar-refractivity contribution in [3.63, 3.8) is 0 Å². The Morgan fingerprint density at radius 3 is 0.852 bits per heavy atom. The van der Waals surface area contributed by atoms with Crippen molar-refractivity contribution in [3.05, 3.63) is 255 Å². The second-order valence-corrected chi connectivity index (χ2v) is 33.6. The number of hydrogen-bond acceptors (Lipinski definition) is 32. The fourth-order valence-corrected chi connectivity index (χ4v) is 13.7. The predicted molar refractivity (Wildman–Crippen MR) is 597 cm³/mol. The van der Waals surface area contributed by atoms with Crippen LogP contribution in [0, 0.1) is 11.8 Å². The van der Waals surface area contributed by atoms with Crippen molar-refractivity contribution in [1.82, 2.24) is 81.6 Å². The van der Waals surface area contributed by atoms with Crippen LogP contribution >= 0.6 is 0 Å². The minimum Gasteiger partial charge on any atom is -0.260 e. The summed E-state index contributed by atoms with van der Waals surface area (Å²) in [5.41, 5.74) is 31.8. The van der Waals surface area contributed by atoms with Crippen LogP contribution in [0.15, 0.2) is 296 Å². The first-order valence-electron chi connectivity index (χ1n) is 49.2. The largest absolute Gasteiger partial charge is 0.260 e.